The number of aliphatic hydroxyl groups excluding tert-OH is 2. The van der Waals surface area contributed by atoms with Crippen LogP contribution in [0.4, 0.5) is 0 Å². The number of ketones is 2. The molecule has 3 atom stereocenters. The van der Waals surface area contributed by atoms with Crippen molar-refractivity contribution in [1.82, 2.24) is 4.90 Å². The van der Waals surface area contributed by atoms with Crippen molar-refractivity contribution in [3.8, 4) is 5.75 Å². The zero-order chi connectivity index (χ0) is 27.4. The van der Waals surface area contributed by atoms with E-state index in [1.807, 2.05) is 6.07 Å². The maximum atomic E-state index is 13.6. The first-order valence-corrected chi connectivity index (χ1v) is 12.8. The molecule has 200 valence electrons. The molecule has 0 heterocycles. The fourth-order valence-electron chi connectivity index (χ4n) is 6.31. The predicted octanol–water partition coefficient (Wildman–Crippen LogP) is 2.54. The molecule has 0 aliphatic heterocycles. The SMILES string of the molecule is CC(C)CN(Cc1ccc(O)c2c1CC1CC3CC(=O)C(C(N)=O)=C(O)C3(O)C(=O)C1=C2O)CC(C)C. The van der Waals surface area contributed by atoms with Crippen LogP contribution in [-0.4, -0.2) is 61.5 Å². The van der Waals surface area contributed by atoms with E-state index in [4.69, 9.17) is 5.73 Å². The van der Waals surface area contributed by atoms with Crippen molar-refractivity contribution in [3.05, 3.63) is 45.7 Å². The lowest BCUT2D eigenvalue weighted by Gasteiger charge is -2.46. The normalized spacial score (nSPS) is 25.6. The van der Waals surface area contributed by atoms with Gasteiger partial charge in [-0.3, -0.25) is 19.3 Å². The largest absolute Gasteiger partial charge is 0.508 e. The molecule has 37 heavy (non-hydrogen) atoms. The van der Waals surface area contributed by atoms with Gasteiger partial charge in [0.15, 0.2) is 11.4 Å². The van der Waals surface area contributed by atoms with Crippen LogP contribution in [0.1, 0.15) is 57.2 Å². The molecule has 9 heteroatoms. The highest BCUT2D eigenvalue weighted by Crippen LogP contribution is 2.52. The zero-order valence-electron chi connectivity index (χ0n) is 21.7. The van der Waals surface area contributed by atoms with Gasteiger partial charge in [-0.25, -0.2) is 0 Å². The summed E-state index contributed by atoms with van der Waals surface area (Å²) in [5.74, 6) is -5.28. The van der Waals surface area contributed by atoms with Crippen molar-refractivity contribution in [3.63, 3.8) is 0 Å². The zero-order valence-corrected chi connectivity index (χ0v) is 21.7. The van der Waals surface area contributed by atoms with Gasteiger partial charge in [-0.15, -0.1) is 0 Å². The lowest BCUT2D eigenvalue weighted by atomic mass is 9.59. The number of hydrogen-bond acceptors (Lipinski definition) is 8. The number of fused-ring (bicyclic) bond motifs is 3. The van der Waals surface area contributed by atoms with E-state index >= 15 is 0 Å². The summed E-state index contributed by atoms with van der Waals surface area (Å²) in [5.41, 5.74) is 3.56. The second kappa shape index (κ2) is 9.61. The minimum atomic E-state index is -2.55. The molecule has 1 aromatic carbocycles. The number of aromatic hydroxyl groups is 1. The van der Waals surface area contributed by atoms with Gasteiger partial charge in [0, 0.05) is 37.5 Å². The number of hydrogen-bond donors (Lipinski definition) is 5. The number of nitrogens with zero attached hydrogens (tertiary/aromatic N) is 1. The Kier molecular flexibility index (Phi) is 6.98. The minimum absolute atomic E-state index is 0.121. The summed E-state index contributed by atoms with van der Waals surface area (Å²) in [6, 6.07) is 3.32. The van der Waals surface area contributed by atoms with Crippen LogP contribution >= 0.6 is 0 Å². The number of carbonyl (C=O) groups excluding carboxylic acids is 3. The van der Waals surface area contributed by atoms with Crippen LogP contribution in [0, 0.1) is 23.7 Å². The van der Waals surface area contributed by atoms with Crippen molar-refractivity contribution in [2.45, 2.75) is 59.1 Å². The third-order valence-electron chi connectivity index (χ3n) is 7.68. The van der Waals surface area contributed by atoms with E-state index in [9.17, 15) is 34.8 Å². The summed E-state index contributed by atoms with van der Waals surface area (Å²) in [4.78, 5) is 40.3. The molecule has 4 rings (SSSR count). The van der Waals surface area contributed by atoms with E-state index in [-0.39, 0.29) is 29.7 Å². The van der Waals surface area contributed by atoms with Crippen molar-refractivity contribution in [2.75, 3.05) is 13.1 Å². The molecule has 1 saturated carbocycles. The summed E-state index contributed by atoms with van der Waals surface area (Å²) < 4.78 is 0. The van der Waals surface area contributed by atoms with Gasteiger partial charge in [0.1, 0.15) is 22.8 Å². The fraction of sp³-hybridized carbons (Fsp3) is 0.536. The molecular formula is C28H36N2O7. The Morgan fingerprint density at radius 3 is 2.27 bits per heavy atom. The molecule has 0 bridgehead atoms. The molecule has 1 aromatic rings. The Balaban J connectivity index is 1.81. The topological polar surface area (TPSA) is 161 Å². The highest BCUT2D eigenvalue weighted by molar-refractivity contribution is 6.22. The van der Waals surface area contributed by atoms with E-state index in [2.05, 4.69) is 32.6 Å². The number of carbonyl (C=O) groups is 3. The first-order chi connectivity index (χ1) is 17.3. The number of amides is 1. The predicted molar refractivity (Wildman–Crippen MR) is 136 cm³/mol. The lowest BCUT2D eigenvalue weighted by Crippen LogP contribution is -2.58. The summed E-state index contributed by atoms with van der Waals surface area (Å²) >= 11 is 0. The Labute approximate surface area is 216 Å². The summed E-state index contributed by atoms with van der Waals surface area (Å²) in [7, 11) is 0. The number of primary amides is 1. The molecule has 0 spiro atoms. The van der Waals surface area contributed by atoms with Gasteiger partial charge in [0.2, 0.25) is 5.78 Å². The highest BCUT2D eigenvalue weighted by atomic mass is 16.3. The van der Waals surface area contributed by atoms with Crippen LogP contribution in [0.3, 0.4) is 0 Å². The molecule has 3 unspecified atom stereocenters. The summed E-state index contributed by atoms with van der Waals surface area (Å²) in [6.45, 7) is 10.9. The Bertz CT molecular complexity index is 1220. The first kappa shape index (κ1) is 26.9. The first-order valence-electron chi connectivity index (χ1n) is 12.8. The molecule has 1 fully saturated rings. The van der Waals surface area contributed by atoms with Crippen LogP contribution in [-0.2, 0) is 27.3 Å². The monoisotopic (exact) mass is 512 g/mol. The number of phenols is 1. The van der Waals surface area contributed by atoms with Crippen molar-refractivity contribution in [2.24, 2.45) is 29.4 Å². The standard InChI is InChI=1S/C28H36N2O7/c1-13(2)10-30(11-14(3)4)12-15-5-6-19(31)22-18(15)8-16-7-17-9-20(32)23(27(29)36)26(35)28(17,37)25(34)21(16)24(22)33/h5-6,13-14,16-17,31,33,35,37H,7-12H2,1-4H3,(H2,29,36). The van der Waals surface area contributed by atoms with Gasteiger partial charge >= 0.3 is 0 Å². The van der Waals surface area contributed by atoms with Crippen LogP contribution < -0.4 is 5.73 Å². The molecule has 0 saturated heterocycles. The van der Waals surface area contributed by atoms with E-state index in [0.29, 0.717) is 24.8 Å². The smallest absolute Gasteiger partial charge is 0.255 e. The number of rotatable bonds is 7. The number of Topliss-reactive ketones (excluding diaryl/α,β-unsaturated/α-hetero) is 2. The number of nitrogens with two attached hydrogens (primary N) is 1. The average Bonchev–Trinajstić information content (AvgIpc) is 2.77. The van der Waals surface area contributed by atoms with E-state index < -0.39 is 52.0 Å². The van der Waals surface area contributed by atoms with Crippen LogP contribution in [0.2, 0.25) is 0 Å². The third-order valence-corrected chi connectivity index (χ3v) is 7.68. The van der Waals surface area contributed by atoms with E-state index in [1.54, 1.807) is 0 Å². The van der Waals surface area contributed by atoms with Crippen LogP contribution in [0.5, 0.6) is 5.75 Å². The maximum absolute atomic E-state index is 13.6. The highest BCUT2D eigenvalue weighted by Gasteiger charge is 2.60. The Hall–Kier alpha value is -3.17. The summed E-state index contributed by atoms with van der Waals surface area (Å²) in [5, 5.41) is 44.0. The molecule has 3 aliphatic rings. The second-order valence-corrected chi connectivity index (χ2v) is 11.5. The average molecular weight is 513 g/mol. The minimum Gasteiger partial charge on any atom is -0.508 e. The van der Waals surface area contributed by atoms with Gasteiger partial charge in [0.05, 0.1) is 5.56 Å². The van der Waals surface area contributed by atoms with E-state index in [0.717, 1.165) is 24.2 Å². The molecular weight excluding hydrogens is 476 g/mol. The van der Waals surface area contributed by atoms with Gasteiger partial charge in [-0.2, -0.15) is 0 Å². The van der Waals surface area contributed by atoms with Gasteiger partial charge in [-0.05, 0) is 47.8 Å². The molecule has 9 nitrogen and oxygen atoms in total. The van der Waals surface area contributed by atoms with Gasteiger partial charge in [-0.1, -0.05) is 33.8 Å². The maximum Gasteiger partial charge on any atom is 0.255 e. The Morgan fingerprint density at radius 1 is 1.08 bits per heavy atom. The lowest BCUT2D eigenvalue weighted by molar-refractivity contribution is -0.147. The van der Waals surface area contributed by atoms with Crippen LogP contribution in [0.15, 0.2) is 29.0 Å². The second-order valence-electron chi connectivity index (χ2n) is 11.5. The third kappa shape index (κ3) is 4.44. The van der Waals surface area contributed by atoms with Gasteiger partial charge in [0.25, 0.3) is 5.91 Å². The van der Waals surface area contributed by atoms with Crippen molar-refractivity contribution in [1.29, 1.82) is 0 Å². The molecule has 3 aliphatic carbocycles. The molecule has 1 amide bonds. The van der Waals surface area contributed by atoms with Crippen LogP contribution in [0.25, 0.3) is 5.76 Å². The molecule has 0 aromatic heterocycles. The van der Waals surface area contributed by atoms with Crippen molar-refractivity contribution >= 4 is 23.2 Å². The molecule has 0 radical (unpaired) electrons. The van der Waals surface area contributed by atoms with Gasteiger partial charge < -0.3 is 26.2 Å². The van der Waals surface area contributed by atoms with E-state index in [1.165, 1.54) is 6.07 Å². The fourth-order valence-corrected chi connectivity index (χ4v) is 6.31. The quantitative estimate of drug-likeness (QED) is 0.348. The number of phenolic OH excluding ortho intramolecular Hbond substituents is 1. The Morgan fingerprint density at radius 2 is 1.70 bits per heavy atom. The number of aliphatic hydroxyl groups is 3. The molecule has 6 N–H and O–H groups in total. The van der Waals surface area contributed by atoms with Crippen molar-refractivity contribution < 1.29 is 34.8 Å². The summed E-state index contributed by atoms with van der Waals surface area (Å²) in [6.07, 6.45) is 0.112. The number of benzene rings is 1.